The third-order valence-electron chi connectivity index (χ3n) is 2.84. The Bertz CT molecular complexity index is 436. The molecule has 0 aliphatic carbocycles. The molecular weight excluding hydrogens is 221 g/mol. The Kier molecular flexibility index (Phi) is 3.28. The van der Waals surface area contributed by atoms with Crippen molar-refractivity contribution in [2.75, 3.05) is 24.6 Å². The quantitative estimate of drug-likeness (QED) is 0.602. The van der Waals surface area contributed by atoms with E-state index in [4.69, 9.17) is 15.9 Å². The molecule has 4 nitrogen and oxygen atoms in total. The van der Waals surface area contributed by atoms with Gasteiger partial charge in [-0.3, -0.25) is 5.41 Å². The molecule has 0 saturated carbocycles. The molecule has 1 aromatic rings. The second-order valence-electron chi connectivity index (χ2n) is 4.18. The number of nitrogen functional groups attached to an aromatic ring is 1. The molecule has 1 saturated heterocycles. The van der Waals surface area contributed by atoms with Crippen molar-refractivity contribution in [3.63, 3.8) is 0 Å². The van der Waals surface area contributed by atoms with Gasteiger partial charge in [0.05, 0.1) is 24.0 Å². The number of halogens is 1. The molecule has 2 rings (SSSR count). The molecule has 1 unspecified atom stereocenters. The van der Waals surface area contributed by atoms with Crippen LogP contribution in [0.4, 0.5) is 10.1 Å². The number of hydrogen-bond donors (Lipinski definition) is 2. The summed E-state index contributed by atoms with van der Waals surface area (Å²) in [6, 6.07) is 4.75. The second-order valence-corrected chi connectivity index (χ2v) is 4.18. The fraction of sp³-hybridized carbons (Fsp3) is 0.417. The summed E-state index contributed by atoms with van der Waals surface area (Å²) in [6.07, 6.45) is 0.104. The Morgan fingerprint density at radius 2 is 2.35 bits per heavy atom. The molecule has 1 fully saturated rings. The lowest BCUT2D eigenvalue weighted by Gasteiger charge is -2.34. The van der Waals surface area contributed by atoms with Crippen LogP contribution >= 0.6 is 0 Å². The number of anilines is 1. The standard InChI is InChI=1S/C12H16FN3O/c1-8-7-16(5-6-17-8)10-4-2-3-9(13)11(10)12(14)15/h2-4,8H,5-7H2,1H3,(H3,14,15). The summed E-state index contributed by atoms with van der Waals surface area (Å²) in [5, 5.41) is 7.47. The van der Waals surface area contributed by atoms with Crippen molar-refractivity contribution in [3.05, 3.63) is 29.6 Å². The van der Waals surface area contributed by atoms with Crippen LogP contribution in [0.1, 0.15) is 12.5 Å². The minimum absolute atomic E-state index is 0.104. The highest BCUT2D eigenvalue weighted by atomic mass is 19.1. The Balaban J connectivity index is 2.37. The molecule has 1 atom stereocenters. The van der Waals surface area contributed by atoms with Crippen molar-refractivity contribution in [2.45, 2.75) is 13.0 Å². The lowest BCUT2D eigenvalue weighted by Crippen LogP contribution is -2.42. The first-order valence-electron chi connectivity index (χ1n) is 5.59. The average molecular weight is 237 g/mol. The summed E-state index contributed by atoms with van der Waals surface area (Å²) in [5.41, 5.74) is 6.30. The predicted molar refractivity (Wildman–Crippen MR) is 65.0 cm³/mol. The number of amidine groups is 1. The zero-order chi connectivity index (χ0) is 12.4. The van der Waals surface area contributed by atoms with E-state index in [1.54, 1.807) is 12.1 Å². The van der Waals surface area contributed by atoms with E-state index in [0.29, 0.717) is 25.4 Å². The highest BCUT2D eigenvalue weighted by Crippen LogP contribution is 2.24. The maximum atomic E-state index is 13.7. The van der Waals surface area contributed by atoms with Crippen LogP contribution < -0.4 is 10.6 Å². The fourth-order valence-corrected chi connectivity index (χ4v) is 2.08. The third kappa shape index (κ3) is 2.39. The Hall–Kier alpha value is -1.62. The first-order chi connectivity index (χ1) is 8.09. The van der Waals surface area contributed by atoms with E-state index in [1.807, 2.05) is 11.8 Å². The van der Waals surface area contributed by atoms with Gasteiger partial charge in [-0.1, -0.05) is 6.07 Å². The van der Waals surface area contributed by atoms with Crippen LogP contribution in [0.3, 0.4) is 0 Å². The molecule has 1 aliphatic heterocycles. The number of rotatable bonds is 2. The number of nitrogens with zero attached hydrogens (tertiary/aromatic N) is 1. The zero-order valence-electron chi connectivity index (χ0n) is 9.74. The van der Waals surface area contributed by atoms with Crippen molar-refractivity contribution in [2.24, 2.45) is 5.73 Å². The minimum atomic E-state index is -0.450. The van der Waals surface area contributed by atoms with Crippen LogP contribution in [0, 0.1) is 11.2 Å². The van der Waals surface area contributed by atoms with Gasteiger partial charge in [-0.05, 0) is 19.1 Å². The van der Waals surface area contributed by atoms with Crippen LogP contribution in [0.5, 0.6) is 0 Å². The number of ether oxygens (including phenoxy) is 1. The largest absolute Gasteiger partial charge is 0.384 e. The van der Waals surface area contributed by atoms with Crippen molar-refractivity contribution in [3.8, 4) is 0 Å². The highest BCUT2D eigenvalue weighted by molar-refractivity contribution is 6.00. The van der Waals surface area contributed by atoms with Gasteiger partial charge < -0.3 is 15.4 Å². The van der Waals surface area contributed by atoms with Crippen LogP contribution in [-0.2, 0) is 4.74 Å². The molecule has 1 heterocycles. The van der Waals surface area contributed by atoms with Gasteiger partial charge in [-0.2, -0.15) is 0 Å². The molecule has 0 amide bonds. The maximum absolute atomic E-state index is 13.7. The molecule has 1 aromatic carbocycles. The average Bonchev–Trinajstić information content (AvgIpc) is 2.28. The van der Waals surface area contributed by atoms with Crippen molar-refractivity contribution >= 4 is 11.5 Å². The van der Waals surface area contributed by atoms with E-state index in [0.717, 1.165) is 0 Å². The number of nitrogens with one attached hydrogen (secondary N) is 1. The predicted octanol–water partition coefficient (Wildman–Crippen LogP) is 1.33. The minimum Gasteiger partial charge on any atom is -0.384 e. The SMILES string of the molecule is CC1CN(c2cccc(F)c2C(=N)N)CCO1. The van der Waals surface area contributed by atoms with E-state index < -0.39 is 5.82 Å². The Morgan fingerprint density at radius 1 is 1.59 bits per heavy atom. The van der Waals surface area contributed by atoms with Crippen molar-refractivity contribution in [1.29, 1.82) is 5.41 Å². The molecule has 3 N–H and O–H groups in total. The number of hydrogen-bond acceptors (Lipinski definition) is 3. The molecule has 1 aliphatic rings. The van der Waals surface area contributed by atoms with Gasteiger partial charge in [-0.15, -0.1) is 0 Å². The molecule has 0 aromatic heterocycles. The molecule has 92 valence electrons. The monoisotopic (exact) mass is 237 g/mol. The van der Waals surface area contributed by atoms with Gasteiger partial charge in [0.25, 0.3) is 0 Å². The first-order valence-corrected chi connectivity index (χ1v) is 5.59. The summed E-state index contributed by atoms with van der Waals surface area (Å²) >= 11 is 0. The third-order valence-corrected chi connectivity index (χ3v) is 2.84. The van der Waals surface area contributed by atoms with Crippen molar-refractivity contribution in [1.82, 2.24) is 0 Å². The van der Waals surface area contributed by atoms with Crippen LogP contribution in [0.25, 0.3) is 0 Å². The van der Waals surface area contributed by atoms with Crippen LogP contribution in [0.15, 0.2) is 18.2 Å². The van der Waals surface area contributed by atoms with E-state index in [2.05, 4.69) is 0 Å². The number of nitrogens with two attached hydrogens (primary N) is 1. The van der Waals surface area contributed by atoms with E-state index in [9.17, 15) is 4.39 Å². The Morgan fingerprint density at radius 3 is 3.00 bits per heavy atom. The van der Waals surface area contributed by atoms with Gasteiger partial charge in [0.1, 0.15) is 11.7 Å². The maximum Gasteiger partial charge on any atom is 0.136 e. The van der Waals surface area contributed by atoms with Gasteiger partial charge in [0.15, 0.2) is 0 Å². The van der Waals surface area contributed by atoms with Crippen LogP contribution in [0.2, 0.25) is 0 Å². The number of benzene rings is 1. The lowest BCUT2D eigenvalue weighted by atomic mass is 10.1. The summed E-state index contributed by atoms with van der Waals surface area (Å²) in [5.74, 6) is -0.689. The molecule has 0 radical (unpaired) electrons. The van der Waals surface area contributed by atoms with Gasteiger partial charge in [-0.25, -0.2) is 4.39 Å². The smallest absolute Gasteiger partial charge is 0.136 e. The summed E-state index contributed by atoms with van der Waals surface area (Å²) in [7, 11) is 0. The molecular formula is C12H16FN3O. The molecule has 5 heteroatoms. The van der Waals surface area contributed by atoms with Gasteiger partial charge in [0, 0.05) is 13.1 Å². The Labute approximate surface area is 99.7 Å². The summed E-state index contributed by atoms with van der Waals surface area (Å²) in [6.45, 7) is 3.95. The van der Waals surface area contributed by atoms with Gasteiger partial charge in [0.2, 0.25) is 0 Å². The normalized spacial score (nSPS) is 20.4. The fourth-order valence-electron chi connectivity index (χ4n) is 2.08. The lowest BCUT2D eigenvalue weighted by molar-refractivity contribution is 0.0532. The zero-order valence-corrected chi connectivity index (χ0v) is 9.74. The van der Waals surface area contributed by atoms with E-state index >= 15 is 0 Å². The molecule has 0 spiro atoms. The van der Waals surface area contributed by atoms with E-state index in [-0.39, 0.29) is 17.5 Å². The van der Waals surface area contributed by atoms with E-state index in [1.165, 1.54) is 6.07 Å². The number of morpholine rings is 1. The molecule has 17 heavy (non-hydrogen) atoms. The summed E-state index contributed by atoms with van der Waals surface area (Å²) < 4.78 is 19.1. The van der Waals surface area contributed by atoms with Crippen molar-refractivity contribution < 1.29 is 9.13 Å². The summed E-state index contributed by atoms with van der Waals surface area (Å²) in [4.78, 5) is 2.01. The molecule has 0 bridgehead atoms. The van der Waals surface area contributed by atoms with Gasteiger partial charge >= 0.3 is 0 Å². The first kappa shape index (κ1) is 11.9. The second kappa shape index (κ2) is 4.71. The highest BCUT2D eigenvalue weighted by Gasteiger charge is 2.21. The topological polar surface area (TPSA) is 62.3 Å². The van der Waals surface area contributed by atoms with Crippen LogP contribution in [-0.4, -0.2) is 31.6 Å².